The van der Waals surface area contributed by atoms with Crippen molar-refractivity contribution in [2.75, 3.05) is 18.8 Å². The minimum absolute atomic E-state index is 0.238. The van der Waals surface area contributed by atoms with Crippen molar-refractivity contribution in [3.63, 3.8) is 0 Å². The maximum atomic E-state index is 12.5. The molecule has 134 valence electrons. The quantitative estimate of drug-likeness (QED) is 0.723. The molecule has 0 spiro atoms. The number of thiophene rings is 1. The van der Waals surface area contributed by atoms with Gasteiger partial charge in [0.25, 0.3) is 0 Å². The fraction of sp³-hybridized carbons (Fsp3) is 0.611. The van der Waals surface area contributed by atoms with Crippen LogP contribution in [0, 0.1) is 5.92 Å². The van der Waals surface area contributed by atoms with Gasteiger partial charge in [-0.2, -0.15) is 0 Å². The van der Waals surface area contributed by atoms with E-state index >= 15 is 0 Å². The second-order valence-corrected chi connectivity index (χ2v) is 9.11. The Morgan fingerprint density at radius 3 is 2.96 bits per heavy atom. The third kappa shape index (κ3) is 4.08. The van der Waals surface area contributed by atoms with Gasteiger partial charge in [-0.1, -0.05) is 24.8 Å². The number of nitrogens with zero attached hydrogens (tertiary/aromatic N) is 4. The van der Waals surface area contributed by atoms with Crippen molar-refractivity contribution >= 4 is 29.0 Å². The summed E-state index contributed by atoms with van der Waals surface area (Å²) >= 11 is 3.31. The maximum absolute atomic E-state index is 12.5. The van der Waals surface area contributed by atoms with Gasteiger partial charge in [-0.15, -0.1) is 21.5 Å². The Balaban J connectivity index is 1.42. The maximum Gasteiger partial charge on any atom is 0.233 e. The summed E-state index contributed by atoms with van der Waals surface area (Å²) in [6, 6.07) is 4.74. The predicted octanol–water partition coefficient (Wildman–Crippen LogP) is 3.62. The van der Waals surface area contributed by atoms with Gasteiger partial charge >= 0.3 is 0 Å². The summed E-state index contributed by atoms with van der Waals surface area (Å²) in [7, 11) is 0. The van der Waals surface area contributed by atoms with E-state index in [0.717, 1.165) is 36.9 Å². The molecule has 0 radical (unpaired) electrons. The van der Waals surface area contributed by atoms with Crippen molar-refractivity contribution in [3.8, 4) is 0 Å². The van der Waals surface area contributed by atoms with E-state index < -0.39 is 0 Å². The third-order valence-electron chi connectivity index (χ3n) is 4.89. The number of carbonyl (C=O) groups excluding carboxylic acids is 1. The number of carbonyl (C=O) groups is 1. The van der Waals surface area contributed by atoms with Crippen LogP contribution in [0.3, 0.4) is 0 Å². The van der Waals surface area contributed by atoms with Gasteiger partial charge in [-0.05, 0) is 43.0 Å². The monoisotopic (exact) mass is 376 g/mol. The molecule has 1 aliphatic heterocycles. The molecular weight excluding hydrogens is 352 g/mol. The molecule has 2 aliphatic rings. The number of amides is 1. The normalized spacial score (nSPS) is 20.8. The van der Waals surface area contributed by atoms with Gasteiger partial charge in [-0.25, -0.2) is 0 Å². The van der Waals surface area contributed by atoms with Crippen molar-refractivity contribution in [1.29, 1.82) is 0 Å². The number of rotatable bonds is 6. The van der Waals surface area contributed by atoms with Gasteiger partial charge in [0.05, 0.1) is 5.75 Å². The molecule has 0 unspecified atom stereocenters. The van der Waals surface area contributed by atoms with Crippen LogP contribution in [0.15, 0.2) is 22.7 Å². The smallest absolute Gasteiger partial charge is 0.233 e. The fourth-order valence-electron chi connectivity index (χ4n) is 3.43. The minimum atomic E-state index is 0.238. The number of thioether (sulfide) groups is 1. The molecule has 0 aromatic carbocycles. The van der Waals surface area contributed by atoms with Gasteiger partial charge in [0.1, 0.15) is 5.82 Å². The molecule has 1 saturated heterocycles. The SMILES string of the molecule is C[C@H]1CCCN(C(=O)CSc2nnc(Cc3cccs3)n2C2CC2)C1. The molecule has 1 aliphatic carbocycles. The lowest BCUT2D eigenvalue weighted by Gasteiger charge is -2.30. The Morgan fingerprint density at radius 1 is 1.36 bits per heavy atom. The molecule has 2 aromatic heterocycles. The second-order valence-electron chi connectivity index (χ2n) is 7.13. The van der Waals surface area contributed by atoms with Crippen LogP contribution in [-0.2, 0) is 11.2 Å². The zero-order valence-electron chi connectivity index (χ0n) is 14.6. The first-order chi connectivity index (χ1) is 12.2. The molecule has 0 bridgehead atoms. The van der Waals surface area contributed by atoms with Gasteiger partial charge < -0.3 is 9.47 Å². The van der Waals surface area contributed by atoms with E-state index in [0.29, 0.717) is 17.7 Å². The van der Waals surface area contributed by atoms with E-state index in [1.807, 2.05) is 4.90 Å². The van der Waals surface area contributed by atoms with Crippen molar-refractivity contribution < 1.29 is 4.79 Å². The first-order valence-electron chi connectivity index (χ1n) is 9.07. The molecule has 7 heteroatoms. The molecule has 4 rings (SSSR count). The molecule has 2 aromatic rings. The number of hydrogen-bond acceptors (Lipinski definition) is 5. The highest BCUT2D eigenvalue weighted by Gasteiger charge is 2.30. The molecule has 0 N–H and O–H groups in total. The molecule has 5 nitrogen and oxygen atoms in total. The number of aromatic nitrogens is 3. The Morgan fingerprint density at radius 2 is 2.24 bits per heavy atom. The second kappa shape index (κ2) is 7.50. The number of piperidine rings is 1. The highest BCUT2D eigenvalue weighted by molar-refractivity contribution is 7.99. The third-order valence-corrected chi connectivity index (χ3v) is 6.70. The highest BCUT2D eigenvalue weighted by Crippen LogP contribution is 2.39. The van der Waals surface area contributed by atoms with Crippen LogP contribution in [0.2, 0.25) is 0 Å². The van der Waals surface area contributed by atoms with Crippen LogP contribution in [0.5, 0.6) is 0 Å². The molecule has 3 heterocycles. The summed E-state index contributed by atoms with van der Waals surface area (Å²) in [5.41, 5.74) is 0. The largest absolute Gasteiger partial charge is 0.342 e. The van der Waals surface area contributed by atoms with Crippen LogP contribution in [0.4, 0.5) is 0 Å². The van der Waals surface area contributed by atoms with E-state index in [-0.39, 0.29) is 5.91 Å². The number of likely N-dealkylation sites (tertiary alicyclic amines) is 1. The minimum Gasteiger partial charge on any atom is -0.342 e. The zero-order chi connectivity index (χ0) is 17.2. The van der Waals surface area contributed by atoms with Crippen molar-refractivity contribution in [3.05, 3.63) is 28.2 Å². The fourth-order valence-corrected chi connectivity index (χ4v) is 5.06. The lowest BCUT2D eigenvalue weighted by molar-refractivity contribution is -0.130. The van der Waals surface area contributed by atoms with Gasteiger partial charge in [0.2, 0.25) is 5.91 Å². The van der Waals surface area contributed by atoms with Gasteiger partial charge in [0.15, 0.2) is 5.16 Å². The Bertz CT molecular complexity index is 724. The average Bonchev–Trinajstić information content (AvgIpc) is 3.16. The van der Waals surface area contributed by atoms with Crippen molar-refractivity contribution in [2.45, 2.75) is 50.2 Å². The Labute approximate surface area is 156 Å². The average molecular weight is 377 g/mol. The van der Waals surface area contributed by atoms with E-state index in [1.54, 1.807) is 23.1 Å². The summed E-state index contributed by atoms with van der Waals surface area (Å²) in [5.74, 6) is 2.36. The lowest BCUT2D eigenvalue weighted by atomic mass is 10.0. The Hall–Kier alpha value is -1.34. The van der Waals surface area contributed by atoms with Crippen molar-refractivity contribution in [1.82, 2.24) is 19.7 Å². The standard InChI is InChI=1S/C18H24N4OS2/c1-13-4-2-8-21(11-13)17(23)12-25-18-20-19-16(22(18)14-6-7-14)10-15-5-3-9-24-15/h3,5,9,13-14H,2,4,6-8,10-12H2,1H3/t13-/m0/s1. The van der Waals surface area contributed by atoms with Crippen LogP contribution >= 0.6 is 23.1 Å². The summed E-state index contributed by atoms with van der Waals surface area (Å²) in [5, 5.41) is 11.8. The van der Waals surface area contributed by atoms with E-state index in [4.69, 9.17) is 0 Å². The molecular formula is C18H24N4OS2. The topological polar surface area (TPSA) is 51.0 Å². The van der Waals surface area contributed by atoms with Crippen LogP contribution in [0.1, 0.15) is 49.4 Å². The summed E-state index contributed by atoms with van der Waals surface area (Å²) in [6.45, 7) is 4.04. The molecule has 1 atom stereocenters. The molecule has 2 fully saturated rings. The van der Waals surface area contributed by atoms with Crippen molar-refractivity contribution in [2.24, 2.45) is 5.92 Å². The van der Waals surface area contributed by atoms with Crippen LogP contribution in [-0.4, -0.2) is 44.4 Å². The zero-order valence-corrected chi connectivity index (χ0v) is 16.2. The Kier molecular flexibility index (Phi) is 5.12. The van der Waals surface area contributed by atoms with Crippen LogP contribution in [0.25, 0.3) is 0 Å². The first-order valence-corrected chi connectivity index (χ1v) is 10.9. The molecule has 25 heavy (non-hydrogen) atoms. The predicted molar refractivity (Wildman–Crippen MR) is 101 cm³/mol. The van der Waals surface area contributed by atoms with Gasteiger partial charge in [0, 0.05) is 30.4 Å². The first kappa shape index (κ1) is 17.1. The summed E-state index contributed by atoms with van der Waals surface area (Å²) in [4.78, 5) is 15.9. The van der Waals surface area contributed by atoms with Gasteiger partial charge in [-0.3, -0.25) is 4.79 Å². The van der Waals surface area contributed by atoms with E-state index in [9.17, 15) is 4.79 Å². The summed E-state index contributed by atoms with van der Waals surface area (Å²) < 4.78 is 2.27. The molecule has 1 amide bonds. The number of hydrogen-bond donors (Lipinski definition) is 0. The van der Waals surface area contributed by atoms with Crippen LogP contribution < -0.4 is 0 Å². The van der Waals surface area contributed by atoms with E-state index in [2.05, 4.69) is 39.2 Å². The summed E-state index contributed by atoms with van der Waals surface area (Å²) in [6.07, 6.45) is 5.58. The molecule has 1 saturated carbocycles. The van der Waals surface area contributed by atoms with E-state index in [1.165, 1.54) is 24.1 Å². The highest BCUT2D eigenvalue weighted by atomic mass is 32.2. The lowest BCUT2D eigenvalue weighted by Crippen LogP contribution is -2.40.